The second-order valence-corrected chi connectivity index (χ2v) is 5.09. The number of hydrogen-bond donors (Lipinski definition) is 1. The predicted molar refractivity (Wildman–Crippen MR) is 86.3 cm³/mol. The molecule has 1 fully saturated rings. The highest BCUT2D eigenvalue weighted by molar-refractivity contribution is 5.74. The second-order valence-electron chi connectivity index (χ2n) is 5.09. The largest absolute Gasteiger partial charge is 0.380 e. The lowest BCUT2D eigenvalue weighted by molar-refractivity contribution is -0.122. The molecule has 1 aliphatic heterocycles. The Morgan fingerprint density at radius 1 is 0.952 bits per heavy atom. The summed E-state index contributed by atoms with van der Waals surface area (Å²) in [4.78, 5) is 12.9. The van der Waals surface area contributed by atoms with Crippen LogP contribution in [0.4, 0.5) is 0 Å². The number of unbranched alkanes of at least 4 members (excludes halogenated alkanes) is 2. The van der Waals surface area contributed by atoms with Crippen molar-refractivity contribution in [1.82, 2.24) is 4.90 Å². The van der Waals surface area contributed by atoms with Crippen molar-refractivity contribution in [1.29, 1.82) is 0 Å². The maximum absolute atomic E-state index is 10.4. The molecular weight excluding hydrogens is 268 g/mol. The van der Waals surface area contributed by atoms with E-state index in [0.29, 0.717) is 6.61 Å². The Hall–Kier alpha value is -0.650. The fraction of sp³-hybridized carbons (Fsp3) is 0.938. The van der Waals surface area contributed by atoms with E-state index in [1.807, 2.05) is 13.8 Å². The molecule has 0 unspecified atom stereocenters. The number of piperidine rings is 1. The van der Waals surface area contributed by atoms with Gasteiger partial charge in [0.1, 0.15) is 6.61 Å². The molecule has 0 bridgehead atoms. The molecule has 5 heteroatoms. The van der Waals surface area contributed by atoms with Crippen LogP contribution < -0.4 is 5.73 Å². The van der Waals surface area contributed by atoms with E-state index < -0.39 is 5.91 Å². The maximum atomic E-state index is 10.4. The third kappa shape index (κ3) is 14.1. The summed E-state index contributed by atoms with van der Waals surface area (Å²) >= 11 is 0. The Morgan fingerprint density at radius 3 is 2.19 bits per heavy atom. The Kier molecular flexibility index (Phi) is 15.2. The molecule has 1 rings (SSSR count). The molecule has 5 nitrogen and oxygen atoms in total. The van der Waals surface area contributed by atoms with Crippen molar-refractivity contribution in [3.63, 3.8) is 0 Å². The van der Waals surface area contributed by atoms with E-state index in [0.717, 1.165) is 39.0 Å². The van der Waals surface area contributed by atoms with E-state index in [9.17, 15) is 4.79 Å². The van der Waals surface area contributed by atoms with E-state index >= 15 is 0 Å². The molecule has 1 amide bonds. The molecule has 0 aromatic rings. The van der Waals surface area contributed by atoms with Gasteiger partial charge in [0.05, 0.1) is 6.61 Å². The quantitative estimate of drug-likeness (QED) is 0.594. The van der Waals surface area contributed by atoms with E-state index in [1.165, 1.54) is 32.4 Å². The number of hydrogen-bond acceptors (Lipinski definition) is 4. The molecule has 0 aromatic heterocycles. The zero-order chi connectivity index (χ0) is 15.8. The van der Waals surface area contributed by atoms with Gasteiger partial charge in [0.25, 0.3) is 0 Å². The van der Waals surface area contributed by atoms with Gasteiger partial charge < -0.3 is 20.1 Å². The molecule has 126 valence electrons. The molecule has 21 heavy (non-hydrogen) atoms. The summed E-state index contributed by atoms with van der Waals surface area (Å²) in [7, 11) is 0. The molecule has 1 aliphatic rings. The van der Waals surface area contributed by atoms with Gasteiger partial charge >= 0.3 is 0 Å². The first kappa shape index (κ1) is 20.3. The lowest BCUT2D eigenvalue weighted by Gasteiger charge is -2.26. The number of carbonyl (C=O) groups excluding carboxylic acids is 1. The van der Waals surface area contributed by atoms with Crippen molar-refractivity contribution < 1.29 is 14.3 Å². The summed E-state index contributed by atoms with van der Waals surface area (Å²) in [6.45, 7) is 9.85. The van der Waals surface area contributed by atoms with Crippen LogP contribution in [0.25, 0.3) is 0 Å². The smallest absolute Gasteiger partial charge is 0.243 e. The number of nitrogens with two attached hydrogens (primary N) is 1. The monoisotopic (exact) mass is 302 g/mol. The Labute approximate surface area is 130 Å². The number of amides is 1. The molecule has 0 saturated carbocycles. The van der Waals surface area contributed by atoms with E-state index in [2.05, 4.69) is 4.90 Å². The minimum absolute atomic E-state index is 0.0341. The first-order valence-electron chi connectivity index (χ1n) is 8.45. The minimum Gasteiger partial charge on any atom is -0.380 e. The highest BCUT2D eigenvalue weighted by Gasteiger charge is 2.08. The van der Waals surface area contributed by atoms with Gasteiger partial charge in [-0.15, -0.1) is 0 Å². The zero-order valence-electron chi connectivity index (χ0n) is 13.9. The van der Waals surface area contributed by atoms with Gasteiger partial charge in [0, 0.05) is 19.8 Å². The molecule has 0 atom stereocenters. The van der Waals surface area contributed by atoms with Gasteiger partial charge in [-0.25, -0.2) is 0 Å². The standard InChI is InChI=1S/C14H28N2O3.C2H6/c15-14(17)13-19-11-6-2-5-10-18-12-9-16-7-3-1-4-8-16;1-2/h1-13H2,(H2,15,17);1-2H3. The summed E-state index contributed by atoms with van der Waals surface area (Å²) in [6.07, 6.45) is 7.15. The van der Waals surface area contributed by atoms with Gasteiger partial charge in [-0.1, -0.05) is 20.3 Å². The third-order valence-electron chi connectivity index (χ3n) is 3.32. The fourth-order valence-electron chi connectivity index (χ4n) is 2.24. The molecule has 1 saturated heterocycles. The van der Waals surface area contributed by atoms with E-state index in [1.54, 1.807) is 0 Å². The zero-order valence-corrected chi connectivity index (χ0v) is 13.9. The van der Waals surface area contributed by atoms with E-state index in [4.69, 9.17) is 15.2 Å². The summed E-state index contributed by atoms with van der Waals surface area (Å²) in [6, 6.07) is 0. The third-order valence-corrected chi connectivity index (χ3v) is 3.32. The van der Waals surface area contributed by atoms with Crippen LogP contribution in [0.3, 0.4) is 0 Å². The topological polar surface area (TPSA) is 64.8 Å². The van der Waals surface area contributed by atoms with Gasteiger partial charge in [-0.2, -0.15) is 0 Å². The highest BCUT2D eigenvalue weighted by atomic mass is 16.5. The van der Waals surface area contributed by atoms with Crippen LogP contribution in [0.15, 0.2) is 0 Å². The first-order valence-corrected chi connectivity index (χ1v) is 8.45. The van der Waals surface area contributed by atoms with Crippen LogP contribution in [0, 0.1) is 0 Å². The first-order chi connectivity index (χ1) is 10.3. The predicted octanol–water partition coefficient (Wildman–Crippen LogP) is 2.19. The van der Waals surface area contributed by atoms with E-state index in [-0.39, 0.29) is 6.61 Å². The van der Waals surface area contributed by atoms with Crippen molar-refractivity contribution in [2.45, 2.75) is 52.4 Å². The molecule has 0 spiro atoms. The number of rotatable bonds is 11. The van der Waals surface area contributed by atoms with Crippen LogP contribution >= 0.6 is 0 Å². The van der Waals surface area contributed by atoms with Crippen molar-refractivity contribution in [2.24, 2.45) is 5.73 Å². The number of primary amides is 1. The average Bonchev–Trinajstić information content (AvgIpc) is 2.52. The highest BCUT2D eigenvalue weighted by Crippen LogP contribution is 2.07. The van der Waals surface area contributed by atoms with Crippen LogP contribution in [0.1, 0.15) is 52.4 Å². The van der Waals surface area contributed by atoms with Gasteiger partial charge in [-0.05, 0) is 45.2 Å². The van der Waals surface area contributed by atoms with Crippen LogP contribution in [-0.2, 0) is 14.3 Å². The Morgan fingerprint density at radius 2 is 1.57 bits per heavy atom. The fourth-order valence-corrected chi connectivity index (χ4v) is 2.24. The van der Waals surface area contributed by atoms with Crippen molar-refractivity contribution in [2.75, 3.05) is 46.1 Å². The molecule has 0 radical (unpaired) electrons. The lowest BCUT2D eigenvalue weighted by Crippen LogP contribution is -2.32. The maximum Gasteiger partial charge on any atom is 0.243 e. The van der Waals surface area contributed by atoms with Crippen LogP contribution in [0.5, 0.6) is 0 Å². The summed E-state index contributed by atoms with van der Waals surface area (Å²) in [5, 5.41) is 0. The minimum atomic E-state index is -0.402. The number of likely N-dealkylation sites (tertiary alicyclic amines) is 1. The van der Waals surface area contributed by atoms with Crippen molar-refractivity contribution >= 4 is 5.91 Å². The molecule has 0 aromatic carbocycles. The molecule has 2 N–H and O–H groups in total. The Bertz CT molecular complexity index is 232. The summed E-state index contributed by atoms with van der Waals surface area (Å²) < 4.78 is 10.7. The van der Waals surface area contributed by atoms with Crippen LogP contribution in [-0.4, -0.2) is 56.9 Å². The van der Waals surface area contributed by atoms with Crippen LogP contribution in [0.2, 0.25) is 0 Å². The number of ether oxygens (including phenoxy) is 2. The van der Waals surface area contributed by atoms with Crippen molar-refractivity contribution in [3.05, 3.63) is 0 Å². The lowest BCUT2D eigenvalue weighted by atomic mass is 10.1. The number of nitrogens with zero attached hydrogens (tertiary/aromatic N) is 1. The second kappa shape index (κ2) is 15.7. The normalized spacial score (nSPS) is 15.3. The number of carbonyl (C=O) groups is 1. The molecular formula is C16H34N2O3. The van der Waals surface area contributed by atoms with Crippen molar-refractivity contribution in [3.8, 4) is 0 Å². The summed E-state index contributed by atoms with van der Waals surface area (Å²) in [5.41, 5.74) is 4.96. The van der Waals surface area contributed by atoms with Gasteiger partial charge in [0.15, 0.2) is 0 Å². The molecule has 0 aliphatic carbocycles. The summed E-state index contributed by atoms with van der Waals surface area (Å²) in [5.74, 6) is -0.402. The Balaban J connectivity index is 0.00000191. The average molecular weight is 302 g/mol. The SMILES string of the molecule is CC.NC(=O)COCCCCCOCCN1CCCCC1. The van der Waals surface area contributed by atoms with Gasteiger partial charge in [-0.3, -0.25) is 4.79 Å². The van der Waals surface area contributed by atoms with Gasteiger partial charge in [0.2, 0.25) is 5.91 Å². The molecule has 1 heterocycles.